The maximum Gasteiger partial charge on any atom is 0.338 e. The van der Waals surface area contributed by atoms with E-state index >= 15 is 0 Å². The second-order valence-corrected chi connectivity index (χ2v) is 8.62. The number of benzene rings is 3. The van der Waals surface area contributed by atoms with Gasteiger partial charge >= 0.3 is 5.97 Å². The third-order valence-corrected chi connectivity index (χ3v) is 6.07. The summed E-state index contributed by atoms with van der Waals surface area (Å²) in [5.74, 6) is -2.38. The van der Waals surface area contributed by atoms with Gasteiger partial charge in [0.1, 0.15) is 6.54 Å². The number of rotatable bonds is 7. The summed E-state index contributed by atoms with van der Waals surface area (Å²) < 4.78 is 4.91. The Kier molecular flexibility index (Phi) is 7.45. The monoisotopic (exact) mass is 503 g/mol. The standard InChI is InChI=1S/C26H21N3O6S/c1-2-35-25(33)17-10-12-18(13-11-17)27-22(30)14-21-24(32)29(26(34)36-21)15-23(31)28-20-9-5-7-16-6-3-4-8-19(16)20/h3-14H,2,15H2,1H3,(H,27,30)(H,28,31). The zero-order valence-electron chi connectivity index (χ0n) is 19.1. The van der Waals surface area contributed by atoms with Crippen LogP contribution in [0.2, 0.25) is 0 Å². The van der Waals surface area contributed by atoms with Crippen molar-refractivity contribution in [2.75, 3.05) is 23.8 Å². The Hall–Kier alpha value is -4.44. The van der Waals surface area contributed by atoms with Gasteiger partial charge in [0, 0.05) is 22.8 Å². The molecular weight excluding hydrogens is 482 g/mol. The van der Waals surface area contributed by atoms with Crippen LogP contribution in [0.5, 0.6) is 0 Å². The number of hydrogen-bond donors (Lipinski definition) is 2. The highest BCUT2D eigenvalue weighted by Gasteiger charge is 2.36. The number of imide groups is 1. The maximum absolute atomic E-state index is 12.7. The van der Waals surface area contributed by atoms with Gasteiger partial charge in [-0.1, -0.05) is 36.4 Å². The molecule has 1 saturated heterocycles. The highest BCUT2D eigenvalue weighted by Crippen LogP contribution is 2.31. The number of carbonyl (C=O) groups is 5. The van der Waals surface area contributed by atoms with Crippen LogP contribution in [0.3, 0.4) is 0 Å². The second kappa shape index (κ2) is 10.9. The molecule has 0 atom stereocenters. The highest BCUT2D eigenvalue weighted by atomic mass is 32.2. The third-order valence-electron chi connectivity index (χ3n) is 5.16. The first-order valence-electron chi connectivity index (χ1n) is 11.0. The zero-order valence-corrected chi connectivity index (χ0v) is 20.0. The largest absolute Gasteiger partial charge is 0.462 e. The molecule has 0 spiro atoms. The van der Waals surface area contributed by atoms with Crippen LogP contribution in [0.1, 0.15) is 17.3 Å². The van der Waals surface area contributed by atoms with Gasteiger partial charge in [0.2, 0.25) is 11.8 Å². The lowest BCUT2D eigenvalue weighted by molar-refractivity contribution is -0.127. The van der Waals surface area contributed by atoms with Crippen molar-refractivity contribution >= 4 is 62.8 Å². The molecule has 36 heavy (non-hydrogen) atoms. The average Bonchev–Trinajstić information content (AvgIpc) is 3.12. The Morgan fingerprint density at radius 3 is 2.42 bits per heavy atom. The van der Waals surface area contributed by atoms with Crippen LogP contribution in [-0.2, 0) is 19.1 Å². The lowest BCUT2D eigenvalue weighted by Gasteiger charge is -2.13. The van der Waals surface area contributed by atoms with Crippen molar-refractivity contribution in [1.29, 1.82) is 0 Å². The molecule has 1 aliphatic heterocycles. The molecule has 3 aromatic rings. The SMILES string of the molecule is CCOC(=O)c1ccc(NC(=O)C=C2SC(=O)N(CC(=O)Nc3cccc4ccccc34)C2=O)cc1. The van der Waals surface area contributed by atoms with Crippen LogP contribution >= 0.6 is 11.8 Å². The van der Waals surface area contributed by atoms with Gasteiger partial charge in [0.15, 0.2) is 0 Å². The summed E-state index contributed by atoms with van der Waals surface area (Å²) in [6, 6.07) is 19.0. The van der Waals surface area contributed by atoms with Crippen molar-refractivity contribution in [3.8, 4) is 0 Å². The van der Waals surface area contributed by atoms with Gasteiger partial charge in [-0.05, 0) is 54.4 Å². The van der Waals surface area contributed by atoms with Gasteiger partial charge < -0.3 is 15.4 Å². The summed E-state index contributed by atoms with van der Waals surface area (Å²) in [6.45, 7) is 1.46. The zero-order chi connectivity index (χ0) is 25.7. The molecule has 2 N–H and O–H groups in total. The van der Waals surface area contributed by atoms with E-state index in [1.165, 1.54) is 24.3 Å². The number of esters is 1. The summed E-state index contributed by atoms with van der Waals surface area (Å²) in [7, 11) is 0. The highest BCUT2D eigenvalue weighted by molar-refractivity contribution is 8.18. The molecule has 1 heterocycles. The molecule has 1 aliphatic rings. The van der Waals surface area contributed by atoms with Crippen molar-refractivity contribution < 1.29 is 28.7 Å². The van der Waals surface area contributed by atoms with Crippen LogP contribution in [0.15, 0.2) is 77.7 Å². The lowest BCUT2D eigenvalue weighted by atomic mass is 10.1. The van der Waals surface area contributed by atoms with E-state index in [9.17, 15) is 24.0 Å². The number of thioether (sulfide) groups is 1. The third kappa shape index (κ3) is 5.61. The molecule has 10 heteroatoms. The van der Waals surface area contributed by atoms with E-state index in [-0.39, 0.29) is 11.5 Å². The Labute approximate surface area is 210 Å². The first-order valence-corrected chi connectivity index (χ1v) is 11.8. The number of amides is 4. The maximum atomic E-state index is 12.7. The minimum Gasteiger partial charge on any atom is -0.462 e. The fraction of sp³-hybridized carbons (Fsp3) is 0.115. The normalized spacial score (nSPS) is 14.2. The smallest absolute Gasteiger partial charge is 0.338 e. The Morgan fingerprint density at radius 1 is 0.944 bits per heavy atom. The lowest BCUT2D eigenvalue weighted by Crippen LogP contribution is -2.36. The molecule has 4 amide bonds. The van der Waals surface area contributed by atoms with E-state index in [2.05, 4.69) is 10.6 Å². The number of carbonyl (C=O) groups excluding carboxylic acids is 5. The second-order valence-electron chi connectivity index (χ2n) is 7.63. The van der Waals surface area contributed by atoms with Crippen molar-refractivity contribution in [2.45, 2.75) is 6.92 Å². The summed E-state index contributed by atoms with van der Waals surface area (Å²) in [4.78, 5) is 62.4. The van der Waals surface area contributed by atoms with Crippen LogP contribution in [0.25, 0.3) is 10.8 Å². The Bertz CT molecular complexity index is 1400. The quantitative estimate of drug-likeness (QED) is 0.366. The van der Waals surface area contributed by atoms with Gasteiger partial charge in [-0.2, -0.15) is 0 Å². The number of anilines is 2. The summed E-state index contributed by atoms with van der Waals surface area (Å²) in [5, 5.41) is 6.42. The van der Waals surface area contributed by atoms with Crippen LogP contribution in [-0.4, -0.2) is 47.0 Å². The number of nitrogens with zero attached hydrogens (tertiary/aromatic N) is 1. The van der Waals surface area contributed by atoms with Crippen LogP contribution in [0.4, 0.5) is 16.2 Å². The average molecular weight is 504 g/mol. The van der Waals surface area contributed by atoms with Gasteiger partial charge in [-0.3, -0.25) is 24.1 Å². The van der Waals surface area contributed by atoms with E-state index in [0.29, 0.717) is 28.7 Å². The fourth-order valence-electron chi connectivity index (χ4n) is 3.51. The molecule has 3 aromatic carbocycles. The summed E-state index contributed by atoms with van der Waals surface area (Å²) in [5.41, 5.74) is 1.28. The number of ether oxygens (including phenoxy) is 1. The molecule has 0 bridgehead atoms. The minimum atomic E-state index is -0.731. The summed E-state index contributed by atoms with van der Waals surface area (Å²) >= 11 is 0.580. The molecule has 1 fully saturated rings. The number of nitrogens with one attached hydrogen (secondary N) is 2. The number of fused-ring (bicyclic) bond motifs is 1. The van der Waals surface area contributed by atoms with E-state index in [1.807, 2.05) is 30.3 Å². The Balaban J connectivity index is 1.38. The molecule has 0 saturated carbocycles. The first kappa shape index (κ1) is 24.7. The van der Waals surface area contributed by atoms with E-state index in [4.69, 9.17) is 4.74 Å². The summed E-state index contributed by atoms with van der Waals surface area (Å²) in [6.07, 6.45) is 1.01. The molecule has 0 aliphatic carbocycles. The molecule has 0 radical (unpaired) electrons. The van der Waals surface area contributed by atoms with Crippen LogP contribution < -0.4 is 10.6 Å². The van der Waals surface area contributed by atoms with Gasteiger partial charge in [0.05, 0.1) is 17.1 Å². The van der Waals surface area contributed by atoms with Crippen molar-refractivity contribution in [2.24, 2.45) is 0 Å². The molecule has 182 valence electrons. The minimum absolute atomic E-state index is 0.0985. The fourth-order valence-corrected chi connectivity index (χ4v) is 4.31. The molecule has 9 nitrogen and oxygen atoms in total. The topological polar surface area (TPSA) is 122 Å². The van der Waals surface area contributed by atoms with Crippen molar-refractivity contribution in [1.82, 2.24) is 4.90 Å². The van der Waals surface area contributed by atoms with E-state index in [0.717, 1.165) is 21.7 Å². The van der Waals surface area contributed by atoms with Gasteiger partial charge in [-0.15, -0.1) is 0 Å². The van der Waals surface area contributed by atoms with Crippen molar-refractivity contribution in [3.63, 3.8) is 0 Å². The first-order chi connectivity index (χ1) is 17.4. The molecule has 0 unspecified atom stereocenters. The molecular formula is C26H21N3O6S. The van der Waals surface area contributed by atoms with Crippen LogP contribution in [0, 0.1) is 0 Å². The van der Waals surface area contributed by atoms with E-state index in [1.54, 1.807) is 19.1 Å². The molecule has 4 rings (SSSR count). The molecule has 0 aromatic heterocycles. The predicted octanol–water partition coefficient (Wildman–Crippen LogP) is 4.17. The Morgan fingerprint density at radius 2 is 1.67 bits per heavy atom. The predicted molar refractivity (Wildman–Crippen MR) is 136 cm³/mol. The van der Waals surface area contributed by atoms with E-state index < -0.39 is 35.5 Å². The van der Waals surface area contributed by atoms with Gasteiger partial charge in [-0.25, -0.2) is 4.79 Å². The van der Waals surface area contributed by atoms with Gasteiger partial charge in [0.25, 0.3) is 11.1 Å². The number of hydrogen-bond acceptors (Lipinski definition) is 7. The van der Waals surface area contributed by atoms with Crippen molar-refractivity contribution in [3.05, 3.63) is 83.3 Å².